The molecule has 1 rings (SSSR count). The SMILES string of the molecule is CC(C)(Cc1ccc(F)cc1)NCCC(F)S(=O)(=O)O. The van der Waals surface area contributed by atoms with Crippen LogP contribution in [0, 0.1) is 5.82 Å². The van der Waals surface area contributed by atoms with Crippen LogP contribution in [0.1, 0.15) is 25.8 Å². The van der Waals surface area contributed by atoms with Crippen molar-refractivity contribution < 1.29 is 21.8 Å². The minimum atomic E-state index is -4.63. The molecule has 7 heteroatoms. The van der Waals surface area contributed by atoms with Crippen LogP contribution in [0.5, 0.6) is 0 Å². The van der Waals surface area contributed by atoms with Crippen LogP contribution in [0.2, 0.25) is 0 Å². The molecule has 0 aliphatic heterocycles. The molecule has 0 saturated carbocycles. The molecule has 0 heterocycles. The second kappa shape index (κ2) is 6.60. The minimum absolute atomic E-state index is 0.106. The lowest BCUT2D eigenvalue weighted by Crippen LogP contribution is -2.42. The van der Waals surface area contributed by atoms with Crippen LogP contribution in [0.3, 0.4) is 0 Å². The average molecular weight is 307 g/mol. The zero-order chi connectivity index (χ0) is 15.4. The Balaban J connectivity index is 2.47. The molecular formula is C13H19F2NO3S. The van der Waals surface area contributed by atoms with Gasteiger partial charge in [-0.2, -0.15) is 8.42 Å². The lowest BCUT2D eigenvalue weighted by atomic mass is 9.95. The highest BCUT2D eigenvalue weighted by Gasteiger charge is 2.23. The maximum absolute atomic E-state index is 13.0. The molecule has 4 nitrogen and oxygen atoms in total. The molecule has 20 heavy (non-hydrogen) atoms. The Morgan fingerprint density at radius 2 is 1.85 bits per heavy atom. The molecule has 0 bridgehead atoms. The van der Waals surface area contributed by atoms with Gasteiger partial charge in [-0.1, -0.05) is 12.1 Å². The summed E-state index contributed by atoms with van der Waals surface area (Å²) in [5, 5.41) is 3.02. The zero-order valence-electron chi connectivity index (χ0n) is 11.4. The highest BCUT2D eigenvalue weighted by Crippen LogP contribution is 2.14. The lowest BCUT2D eigenvalue weighted by Gasteiger charge is -2.27. The van der Waals surface area contributed by atoms with Crippen molar-refractivity contribution in [1.82, 2.24) is 5.32 Å². The van der Waals surface area contributed by atoms with Gasteiger partial charge in [-0.15, -0.1) is 0 Å². The van der Waals surface area contributed by atoms with Crippen molar-refractivity contribution in [3.8, 4) is 0 Å². The van der Waals surface area contributed by atoms with Gasteiger partial charge in [-0.25, -0.2) is 8.78 Å². The number of alkyl halides is 1. The summed E-state index contributed by atoms with van der Waals surface area (Å²) in [6.07, 6.45) is 0.252. The summed E-state index contributed by atoms with van der Waals surface area (Å²) in [5.74, 6) is -0.312. The molecule has 0 aliphatic carbocycles. The van der Waals surface area contributed by atoms with Crippen LogP contribution in [0.15, 0.2) is 24.3 Å². The third-order valence-electron chi connectivity index (χ3n) is 2.86. The lowest BCUT2D eigenvalue weighted by molar-refractivity contribution is 0.326. The highest BCUT2D eigenvalue weighted by molar-refractivity contribution is 7.86. The molecule has 1 unspecified atom stereocenters. The van der Waals surface area contributed by atoms with Gasteiger partial charge in [0.15, 0.2) is 0 Å². The first-order valence-corrected chi connectivity index (χ1v) is 7.70. The normalized spacial score (nSPS) is 14.2. The van der Waals surface area contributed by atoms with Crippen LogP contribution in [-0.4, -0.2) is 30.6 Å². The molecule has 1 aromatic rings. The molecule has 0 saturated heterocycles. The Morgan fingerprint density at radius 3 is 2.35 bits per heavy atom. The minimum Gasteiger partial charge on any atom is -0.311 e. The second-order valence-corrected chi connectivity index (χ2v) is 6.87. The van der Waals surface area contributed by atoms with Crippen molar-refractivity contribution >= 4 is 10.1 Å². The number of hydrogen-bond acceptors (Lipinski definition) is 3. The maximum atomic E-state index is 13.0. The van der Waals surface area contributed by atoms with Gasteiger partial charge in [0.25, 0.3) is 10.1 Å². The summed E-state index contributed by atoms with van der Waals surface area (Å²) < 4.78 is 55.4. The summed E-state index contributed by atoms with van der Waals surface area (Å²) in [4.78, 5) is 0. The van der Waals surface area contributed by atoms with E-state index in [0.717, 1.165) is 5.56 Å². The molecule has 0 fully saturated rings. The standard InChI is InChI=1S/C13H19F2NO3S/c1-13(2,9-10-3-5-11(14)6-4-10)16-8-7-12(15)20(17,18)19/h3-6,12,16H,7-9H2,1-2H3,(H,17,18,19). The van der Waals surface area contributed by atoms with Crippen molar-refractivity contribution in [3.63, 3.8) is 0 Å². The van der Waals surface area contributed by atoms with Gasteiger partial charge in [0, 0.05) is 12.0 Å². The molecule has 1 aromatic carbocycles. The van der Waals surface area contributed by atoms with Gasteiger partial charge in [0.1, 0.15) is 5.82 Å². The van der Waals surface area contributed by atoms with E-state index in [-0.39, 0.29) is 18.8 Å². The fraction of sp³-hybridized carbons (Fsp3) is 0.538. The van der Waals surface area contributed by atoms with Crippen molar-refractivity contribution in [3.05, 3.63) is 35.6 Å². The quantitative estimate of drug-likeness (QED) is 0.759. The smallest absolute Gasteiger partial charge is 0.297 e. The molecule has 2 N–H and O–H groups in total. The van der Waals surface area contributed by atoms with Gasteiger partial charge in [0.05, 0.1) is 0 Å². The van der Waals surface area contributed by atoms with Gasteiger partial charge in [-0.05, 0) is 44.5 Å². The first-order valence-electron chi connectivity index (χ1n) is 6.20. The molecule has 0 aliphatic rings. The van der Waals surface area contributed by atoms with Crippen LogP contribution >= 0.6 is 0 Å². The molecule has 114 valence electrons. The van der Waals surface area contributed by atoms with Crippen LogP contribution < -0.4 is 5.32 Å². The summed E-state index contributed by atoms with van der Waals surface area (Å²) in [7, 11) is -4.63. The third-order valence-corrected chi connectivity index (χ3v) is 3.74. The number of halogens is 2. The number of benzene rings is 1. The van der Waals surface area contributed by atoms with Crippen molar-refractivity contribution in [2.75, 3.05) is 6.54 Å². The van der Waals surface area contributed by atoms with Gasteiger partial charge < -0.3 is 5.32 Å². The maximum Gasteiger partial charge on any atom is 0.297 e. The molecule has 0 aromatic heterocycles. The Morgan fingerprint density at radius 1 is 1.30 bits per heavy atom. The molecule has 0 spiro atoms. The average Bonchev–Trinajstić information content (AvgIpc) is 2.30. The largest absolute Gasteiger partial charge is 0.311 e. The van der Waals surface area contributed by atoms with Gasteiger partial charge in [-0.3, -0.25) is 4.55 Å². The monoisotopic (exact) mass is 307 g/mol. The number of hydrogen-bond donors (Lipinski definition) is 2. The summed E-state index contributed by atoms with van der Waals surface area (Å²) >= 11 is 0. The van der Waals surface area contributed by atoms with E-state index in [9.17, 15) is 17.2 Å². The summed E-state index contributed by atoms with van der Waals surface area (Å²) in [6.45, 7) is 3.85. The van der Waals surface area contributed by atoms with E-state index in [1.54, 1.807) is 12.1 Å². The Kier molecular flexibility index (Phi) is 5.61. The predicted molar refractivity (Wildman–Crippen MR) is 73.2 cm³/mol. The van der Waals surface area contributed by atoms with E-state index >= 15 is 0 Å². The van der Waals surface area contributed by atoms with Crippen molar-refractivity contribution in [2.45, 2.75) is 37.7 Å². The van der Waals surface area contributed by atoms with E-state index in [1.807, 2.05) is 13.8 Å². The van der Waals surface area contributed by atoms with Crippen LogP contribution in [-0.2, 0) is 16.5 Å². The Labute approximate surface area is 117 Å². The van der Waals surface area contributed by atoms with E-state index in [1.165, 1.54) is 12.1 Å². The molecular weight excluding hydrogens is 288 g/mol. The van der Waals surface area contributed by atoms with E-state index in [4.69, 9.17) is 4.55 Å². The van der Waals surface area contributed by atoms with E-state index in [0.29, 0.717) is 6.42 Å². The Hall–Kier alpha value is -1.05. The first kappa shape index (κ1) is 17.0. The highest BCUT2D eigenvalue weighted by atomic mass is 32.2. The summed E-state index contributed by atoms with van der Waals surface area (Å²) in [5.41, 5.74) is -1.77. The van der Waals surface area contributed by atoms with Gasteiger partial charge >= 0.3 is 0 Å². The van der Waals surface area contributed by atoms with E-state index in [2.05, 4.69) is 5.32 Å². The van der Waals surface area contributed by atoms with E-state index < -0.39 is 21.2 Å². The number of nitrogens with one attached hydrogen (secondary N) is 1. The van der Waals surface area contributed by atoms with Crippen LogP contribution in [0.4, 0.5) is 8.78 Å². The molecule has 0 radical (unpaired) electrons. The molecule has 1 atom stereocenters. The Bertz CT molecular complexity index is 529. The molecule has 0 amide bonds. The second-order valence-electron chi connectivity index (χ2n) is 5.33. The predicted octanol–water partition coefficient (Wildman–Crippen LogP) is 2.31. The fourth-order valence-corrected chi connectivity index (χ4v) is 2.26. The first-order chi connectivity index (χ1) is 9.10. The zero-order valence-corrected chi connectivity index (χ0v) is 12.3. The van der Waals surface area contributed by atoms with Gasteiger partial charge in [0.2, 0.25) is 5.50 Å². The number of rotatable bonds is 7. The fourth-order valence-electron chi connectivity index (χ4n) is 1.85. The topological polar surface area (TPSA) is 66.4 Å². The summed E-state index contributed by atoms with van der Waals surface area (Å²) in [6, 6.07) is 6.05. The van der Waals surface area contributed by atoms with Crippen LogP contribution in [0.25, 0.3) is 0 Å². The van der Waals surface area contributed by atoms with Crippen molar-refractivity contribution in [1.29, 1.82) is 0 Å². The van der Waals surface area contributed by atoms with Crippen molar-refractivity contribution in [2.24, 2.45) is 0 Å². The third kappa shape index (κ3) is 5.94.